The number of carbonyl (C=O) groups is 3. The molecule has 2 rings (SSSR count). The summed E-state index contributed by atoms with van der Waals surface area (Å²) in [7, 11) is 0. The highest BCUT2D eigenvalue weighted by molar-refractivity contribution is 6.54. The van der Waals surface area contributed by atoms with Gasteiger partial charge in [0, 0.05) is 5.56 Å². The Morgan fingerprint density at radius 1 is 0.636 bits per heavy atom. The molecule has 178 valence electrons. The zero-order chi connectivity index (χ0) is 25.2. The maximum Gasteiger partial charge on any atom is 0.338 e. The van der Waals surface area contributed by atoms with Gasteiger partial charge in [-0.3, -0.25) is 9.63 Å². The molecule has 0 heterocycles. The number of aromatic carboxylic acids is 2. The highest BCUT2D eigenvalue weighted by atomic mass is 35.5. The highest BCUT2D eigenvalue weighted by Gasteiger charge is 2.29. The Bertz CT molecular complexity index is 1170. The van der Waals surface area contributed by atoms with E-state index < -0.39 is 57.9 Å². The lowest BCUT2D eigenvalue weighted by molar-refractivity contribution is 0.0226. The fourth-order valence-corrected chi connectivity index (χ4v) is 4.51. The van der Waals surface area contributed by atoms with Gasteiger partial charge in [0.15, 0.2) is 0 Å². The number of rotatable bonds is 8. The van der Waals surface area contributed by atoms with E-state index in [-0.39, 0.29) is 35.7 Å². The summed E-state index contributed by atoms with van der Waals surface area (Å²) >= 11 is 47.4. The molecule has 0 saturated carbocycles. The van der Waals surface area contributed by atoms with Crippen molar-refractivity contribution in [3.8, 4) is 0 Å². The van der Waals surface area contributed by atoms with Crippen molar-refractivity contribution in [3.63, 3.8) is 0 Å². The minimum Gasteiger partial charge on any atom is -0.478 e. The van der Waals surface area contributed by atoms with Crippen molar-refractivity contribution in [2.75, 3.05) is 6.67 Å². The van der Waals surface area contributed by atoms with E-state index in [1.807, 2.05) is 0 Å². The zero-order valence-corrected chi connectivity index (χ0v) is 21.5. The molecule has 0 spiro atoms. The van der Waals surface area contributed by atoms with E-state index in [4.69, 9.17) is 97.6 Å². The van der Waals surface area contributed by atoms with E-state index in [0.29, 0.717) is 0 Å². The van der Waals surface area contributed by atoms with Crippen molar-refractivity contribution in [1.29, 1.82) is 0 Å². The molecule has 16 heteroatoms. The Labute approximate surface area is 225 Å². The summed E-state index contributed by atoms with van der Waals surface area (Å²) in [5, 5.41) is 18.5. The molecule has 0 aromatic heterocycles. The number of hydroxylamine groups is 1. The molecule has 8 nitrogen and oxygen atoms in total. The van der Waals surface area contributed by atoms with E-state index in [9.17, 15) is 24.6 Å². The normalized spacial score (nSPS) is 10.9. The molecule has 0 aliphatic heterocycles. The summed E-state index contributed by atoms with van der Waals surface area (Å²) in [5.74, 6) is -3.97. The van der Waals surface area contributed by atoms with Gasteiger partial charge in [0.25, 0.3) is 5.91 Å². The van der Waals surface area contributed by atoms with Gasteiger partial charge in [-0.25, -0.2) is 9.59 Å². The average Bonchev–Trinajstić information content (AvgIpc) is 2.75. The number of carboxylic acid groups (broad SMARTS) is 2. The second-order valence-corrected chi connectivity index (χ2v) is 8.87. The van der Waals surface area contributed by atoms with Crippen LogP contribution in [0.1, 0.15) is 36.6 Å². The molecule has 0 unspecified atom stereocenters. The van der Waals surface area contributed by atoms with Crippen molar-refractivity contribution in [1.82, 2.24) is 10.8 Å². The molecular weight excluding hydrogens is 612 g/mol. The first-order valence-electron chi connectivity index (χ1n) is 8.12. The van der Waals surface area contributed by atoms with Crippen molar-refractivity contribution < 1.29 is 29.4 Å². The van der Waals surface area contributed by atoms with E-state index >= 15 is 0 Å². The molecule has 2 aromatic carbocycles. The summed E-state index contributed by atoms with van der Waals surface area (Å²) in [6.07, 6.45) is 0. The third kappa shape index (κ3) is 5.85. The molecule has 1 amide bonds. The van der Waals surface area contributed by atoms with E-state index in [0.717, 1.165) is 0 Å². The van der Waals surface area contributed by atoms with Crippen molar-refractivity contribution >= 4 is 111 Å². The second kappa shape index (κ2) is 11.7. The Hall–Kier alpha value is -0.910. The molecule has 0 aliphatic carbocycles. The summed E-state index contributed by atoms with van der Waals surface area (Å²) in [6.45, 7) is -0.853. The van der Waals surface area contributed by atoms with Crippen molar-refractivity contribution in [2.45, 2.75) is 6.61 Å². The number of hydrogen-bond acceptors (Lipinski definition) is 5. The Morgan fingerprint density at radius 2 is 1.06 bits per heavy atom. The first-order valence-corrected chi connectivity index (χ1v) is 11.1. The van der Waals surface area contributed by atoms with E-state index in [1.54, 1.807) is 0 Å². The van der Waals surface area contributed by atoms with Gasteiger partial charge in [-0.1, -0.05) is 92.8 Å². The minimum absolute atomic E-state index is 0.0881. The second-order valence-electron chi connectivity index (χ2n) is 5.84. The quantitative estimate of drug-likeness (QED) is 0.0850. The number of hydrogen-bond donors (Lipinski definition) is 4. The van der Waals surface area contributed by atoms with Crippen LogP contribution in [0.5, 0.6) is 0 Å². The number of benzene rings is 2. The molecule has 4 N–H and O–H groups in total. The van der Waals surface area contributed by atoms with Crippen LogP contribution in [-0.2, 0) is 11.4 Å². The number of carbonyl (C=O) groups excluding carboxylic acids is 1. The van der Waals surface area contributed by atoms with Crippen LogP contribution in [0.3, 0.4) is 0 Å². The Kier molecular flexibility index (Phi) is 10.0. The van der Waals surface area contributed by atoms with Crippen molar-refractivity contribution in [3.05, 3.63) is 62.4 Å². The lowest BCUT2D eigenvalue weighted by Gasteiger charge is -2.15. The van der Waals surface area contributed by atoms with Gasteiger partial charge in [-0.15, -0.1) is 0 Å². The topological polar surface area (TPSA) is 125 Å². The fraction of sp³-hybridized carbons (Fsp3) is 0.118. The SMILES string of the molecule is O=C(O)c1c(Cl)c(Cl)c(Cl)c(Cl)c1CONCNC(=O)c1c(Cl)c(Cl)c(Cl)c(Cl)c1C(=O)O. The van der Waals surface area contributed by atoms with Crippen LogP contribution < -0.4 is 10.8 Å². The van der Waals surface area contributed by atoms with E-state index in [2.05, 4.69) is 10.8 Å². The maximum absolute atomic E-state index is 12.5. The number of carboxylic acids is 2. The molecule has 0 fully saturated rings. The van der Waals surface area contributed by atoms with E-state index in [1.165, 1.54) is 0 Å². The largest absolute Gasteiger partial charge is 0.478 e. The lowest BCUT2D eigenvalue weighted by Crippen LogP contribution is -2.35. The summed E-state index contributed by atoms with van der Waals surface area (Å²) in [4.78, 5) is 40.7. The van der Waals surface area contributed by atoms with Gasteiger partial charge in [0.05, 0.1) is 70.1 Å². The van der Waals surface area contributed by atoms with Crippen LogP contribution in [0.2, 0.25) is 40.2 Å². The van der Waals surface area contributed by atoms with Gasteiger partial charge in [0.1, 0.15) is 0 Å². The average molecular weight is 620 g/mol. The van der Waals surface area contributed by atoms with Gasteiger partial charge < -0.3 is 15.5 Å². The zero-order valence-electron chi connectivity index (χ0n) is 15.5. The first-order chi connectivity index (χ1) is 15.3. The third-order valence-electron chi connectivity index (χ3n) is 3.93. The predicted octanol–water partition coefficient (Wildman–Crippen LogP) is 6.72. The smallest absolute Gasteiger partial charge is 0.338 e. The molecular formula is C17H8Cl8N2O6. The highest BCUT2D eigenvalue weighted by Crippen LogP contribution is 2.42. The molecule has 0 radical (unpaired) electrons. The maximum atomic E-state index is 12.5. The van der Waals surface area contributed by atoms with Crippen LogP contribution in [-0.4, -0.2) is 34.7 Å². The van der Waals surface area contributed by atoms with Gasteiger partial charge in [0.2, 0.25) is 0 Å². The summed E-state index contributed by atoms with van der Waals surface area (Å²) in [5.41, 5.74) is 0.607. The fourth-order valence-electron chi connectivity index (χ4n) is 2.46. The number of nitrogens with one attached hydrogen (secondary N) is 2. The van der Waals surface area contributed by atoms with Crippen LogP contribution >= 0.6 is 92.8 Å². The molecule has 0 saturated heterocycles. The van der Waals surface area contributed by atoms with Crippen LogP contribution in [0, 0.1) is 0 Å². The molecule has 0 bridgehead atoms. The number of halogens is 8. The molecule has 33 heavy (non-hydrogen) atoms. The first kappa shape index (κ1) is 28.3. The van der Waals surface area contributed by atoms with Crippen molar-refractivity contribution in [2.24, 2.45) is 0 Å². The summed E-state index contributed by atoms with van der Waals surface area (Å²) in [6, 6.07) is 0. The summed E-state index contributed by atoms with van der Waals surface area (Å²) < 4.78 is 0. The lowest BCUT2D eigenvalue weighted by atomic mass is 10.1. The van der Waals surface area contributed by atoms with Gasteiger partial charge in [-0.2, -0.15) is 5.48 Å². The Balaban J connectivity index is 2.15. The van der Waals surface area contributed by atoms with Crippen LogP contribution in [0.25, 0.3) is 0 Å². The molecule has 0 atom stereocenters. The predicted molar refractivity (Wildman–Crippen MR) is 127 cm³/mol. The molecule has 2 aromatic rings. The Morgan fingerprint density at radius 3 is 1.55 bits per heavy atom. The number of amides is 1. The minimum atomic E-state index is -1.57. The van der Waals surface area contributed by atoms with Crippen LogP contribution in [0.4, 0.5) is 0 Å². The monoisotopic (exact) mass is 616 g/mol. The third-order valence-corrected chi connectivity index (χ3v) is 7.57. The van der Waals surface area contributed by atoms with Gasteiger partial charge >= 0.3 is 11.9 Å². The van der Waals surface area contributed by atoms with Gasteiger partial charge in [-0.05, 0) is 0 Å². The molecule has 0 aliphatic rings. The van der Waals surface area contributed by atoms with Crippen LogP contribution in [0.15, 0.2) is 0 Å². The standard InChI is InChI=1S/C17H8Cl8N2O6/c18-7-3(4(16(29)30)8(19)12(23)11(7)22)1-33-27-2-26-15(28)5-6(17(31)32)10(21)14(25)13(24)9(5)20/h27H,1-2H2,(H,26,28)(H,29,30)(H,31,32).